The van der Waals surface area contributed by atoms with E-state index in [1.54, 1.807) is 18.2 Å². The molecule has 1 heterocycles. The lowest BCUT2D eigenvalue weighted by atomic mass is 10.0. The van der Waals surface area contributed by atoms with E-state index in [-0.39, 0.29) is 11.4 Å². The fraction of sp³-hybridized carbons (Fsp3) is 0. The molecule has 28 heavy (non-hydrogen) atoms. The molecule has 3 aromatic carbocycles. The van der Waals surface area contributed by atoms with Crippen molar-refractivity contribution >= 4 is 22.6 Å². The van der Waals surface area contributed by atoms with E-state index in [1.165, 1.54) is 6.07 Å². The molecule has 1 aromatic heterocycles. The van der Waals surface area contributed by atoms with Crippen molar-refractivity contribution in [1.29, 1.82) is 5.26 Å². The molecule has 0 aliphatic rings. The number of rotatable bonds is 3. The van der Waals surface area contributed by atoms with Gasteiger partial charge in [0.25, 0.3) is 5.91 Å². The molecule has 0 atom stereocenters. The Morgan fingerprint density at radius 2 is 1.71 bits per heavy atom. The number of H-pyrrole nitrogens is 1. The molecule has 0 bridgehead atoms. The van der Waals surface area contributed by atoms with Crippen LogP contribution in [0.1, 0.15) is 15.9 Å². The van der Waals surface area contributed by atoms with Crippen molar-refractivity contribution in [3.8, 4) is 17.2 Å². The number of fused-ring (bicyclic) bond motifs is 1. The zero-order chi connectivity index (χ0) is 19.7. The number of benzene rings is 3. The first-order valence-corrected chi connectivity index (χ1v) is 8.30. The van der Waals surface area contributed by atoms with Crippen LogP contribution in [-0.4, -0.2) is 16.1 Å². The van der Waals surface area contributed by atoms with Crippen LogP contribution in [0.15, 0.2) is 60.7 Å². The number of aromatic amines is 1. The van der Waals surface area contributed by atoms with Gasteiger partial charge in [0.1, 0.15) is 0 Å². The lowest BCUT2D eigenvalue weighted by Gasteiger charge is -2.04. The molecule has 136 valence electrons. The van der Waals surface area contributed by atoms with Crippen LogP contribution in [0.4, 0.5) is 14.6 Å². The Hall–Kier alpha value is -4.05. The minimum Gasteiger partial charge on any atom is -0.305 e. The number of halogens is 2. The minimum absolute atomic E-state index is 0.00995. The van der Waals surface area contributed by atoms with E-state index in [2.05, 4.69) is 21.6 Å². The van der Waals surface area contributed by atoms with E-state index >= 15 is 0 Å². The molecule has 4 rings (SSSR count). The Labute approximate surface area is 158 Å². The molecule has 2 N–H and O–H groups in total. The largest absolute Gasteiger partial charge is 0.305 e. The molecule has 0 unspecified atom stereocenters. The number of nitrogens with one attached hydrogen (secondary N) is 2. The van der Waals surface area contributed by atoms with Crippen molar-refractivity contribution in [3.05, 3.63) is 83.4 Å². The summed E-state index contributed by atoms with van der Waals surface area (Å²) in [7, 11) is 0. The van der Waals surface area contributed by atoms with E-state index in [0.29, 0.717) is 16.5 Å². The van der Waals surface area contributed by atoms with Gasteiger partial charge in [-0.2, -0.15) is 10.4 Å². The molecule has 0 aliphatic carbocycles. The summed E-state index contributed by atoms with van der Waals surface area (Å²) in [6, 6.07) is 17.7. The Bertz CT molecular complexity index is 1240. The molecule has 0 radical (unpaired) electrons. The molecule has 1 amide bonds. The number of amides is 1. The molecule has 0 fully saturated rings. The molecule has 0 saturated carbocycles. The Balaban J connectivity index is 1.61. The predicted molar refractivity (Wildman–Crippen MR) is 101 cm³/mol. The number of hydrogen-bond acceptors (Lipinski definition) is 3. The Kier molecular flexibility index (Phi) is 4.30. The Morgan fingerprint density at radius 3 is 2.43 bits per heavy atom. The first kappa shape index (κ1) is 17.4. The zero-order valence-corrected chi connectivity index (χ0v) is 14.3. The predicted octanol–water partition coefficient (Wildman–Crippen LogP) is 4.63. The quantitative estimate of drug-likeness (QED) is 0.548. The molecule has 7 heteroatoms. The summed E-state index contributed by atoms with van der Waals surface area (Å²) in [5.74, 6) is -2.41. The summed E-state index contributed by atoms with van der Waals surface area (Å²) in [6.07, 6.45) is 0. The van der Waals surface area contributed by atoms with Crippen molar-refractivity contribution in [2.45, 2.75) is 0 Å². The summed E-state index contributed by atoms with van der Waals surface area (Å²) >= 11 is 0. The van der Waals surface area contributed by atoms with E-state index in [9.17, 15) is 13.6 Å². The first-order chi connectivity index (χ1) is 13.5. The standard InChI is InChI=1S/C21H12F2N4O/c22-17-8-6-15(9-18(17)23)21(28)25-20-16-7-5-14(10-19(16)26-27-20)13-3-1-12(11-24)2-4-13/h1-10H,(H2,25,26,27,28). The number of anilines is 1. The summed E-state index contributed by atoms with van der Waals surface area (Å²) in [5.41, 5.74) is 3.11. The van der Waals surface area contributed by atoms with Crippen LogP contribution >= 0.6 is 0 Å². The summed E-state index contributed by atoms with van der Waals surface area (Å²) in [5, 5.41) is 19.1. The van der Waals surface area contributed by atoms with E-state index in [1.807, 2.05) is 24.3 Å². The third kappa shape index (κ3) is 3.19. The van der Waals surface area contributed by atoms with Crippen LogP contribution in [0.25, 0.3) is 22.0 Å². The molecule has 0 saturated heterocycles. The van der Waals surface area contributed by atoms with E-state index in [4.69, 9.17) is 5.26 Å². The van der Waals surface area contributed by atoms with Crippen molar-refractivity contribution in [1.82, 2.24) is 10.2 Å². The van der Waals surface area contributed by atoms with E-state index < -0.39 is 17.5 Å². The number of aromatic nitrogens is 2. The molecule has 4 aromatic rings. The summed E-state index contributed by atoms with van der Waals surface area (Å²) in [4.78, 5) is 12.3. The van der Waals surface area contributed by atoms with Crippen LogP contribution in [0.2, 0.25) is 0 Å². The lowest BCUT2D eigenvalue weighted by molar-refractivity contribution is 0.102. The summed E-state index contributed by atoms with van der Waals surface area (Å²) < 4.78 is 26.4. The smallest absolute Gasteiger partial charge is 0.256 e. The van der Waals surface area contributed by atoms with Gasteiger partial charge in [-0.25, -0.2) is 8.78 Å². The molecule has 0 aliphatic heterocycles. The highest BCUT2D eigenvalue weighted by molar-refractivity contribution is 6.08. The summed E-state index contributed by atoms with van der Waals surface area (Å²) in [6.45, 7) is 0. The molecular formula is C21H12F2N4O. The van der Waals surface area contributed by atoms with Crippen molar-refractivity contribution < 1.29 is 13.6 Å². The second-order valence-corrected chi connectivity index (χ2v) is 6.10. The van der Waals surface area contributed by atoms with E-state index in [0.717, 1.165) is 23.3 Å². The van der Waals surface area contributed by atoms with Crippen LogP contribution in [-0.2, 0) is 0 Å². The third-order valence-electron chi connectivity index (χ3n) is 4.32. The fourth-order valence-corrected chi connectivity index (χ4v) is 2.85. The molecular weight excluding hydrogens is 362 g/mol. The lowest BCUT2D eigenvalue weighted by Crippen LogP contribution is -2.13. The maximum atomic E-state index is 13.3. The second kappa shape index (κ2) is 6.93. The second-order valence-electron chi connectivity index (χ2n) is 6.10. The van der Waals surface area contributed by atoms with Gasteiger partial charge in [0.2, 0.25) is 0 Å². The van der Waals surface area contributed by atoms with Gasteiger partial charge >= 0.3 is 0 Å². The van der Waals surface area contributed by atoms with Gasteiger partial charge in [0, 0.05) is 10.9 Å². The van der Waals surface area contributed by atoms with Gasteiger partial charge in [-0.05, 0) is 53.6 Å². The van der Waals surface area contributed by atoms with Gasteiger partial charge in [-0.3, -0.25) is 9.89 Å². The molecule has 0 spiro atoms. The van der Waals surface area contributed by atoms with Crippen molar-refractivity contribution in [2.24, 2.45) is 0 Å². The fourth-order valence-electron chi connectivity index (χ4n) is 2.85. The van der Waals surface area contributed by atoms with Crippen LogP contribution in [0.3, 0.4) is 0 Å². The van der Waals surface area contributed by atoms with Crippen LogP contribution in [0, 0.1) is 23.0 Å². The monoisotopic (exact) mass is 374 g/mol. The molecule has 5 nitrogen and oxygen atoms in total. The van der Waals surface area contributed by atoms with Gasteiger partial charge in [0.05, 0.1) is 17.1 Å². The number of carbonyl (C=O) groups excluding carboxylic acids is 1. The van der Waals surface area contributed by atoms with Gasteiger partial charge in [-0.1, -0.05) is 18.2 Å². The average molecular weight is 374 g/mol. The maximum absolute atomic E-state index is 13.3. The van der Waals surface area contributed by atoms with Crippen LogP contribution in [0.5, 0.6) is 0 Å². The Morgan fingerprint density at radius 1 is 0.964 bits per heavy atom. The normalized spacial score (nSPS) is 10.6. The third-order valence-corrected chi connectivity index (χ3v) is 4.32. The SMILES string of the molecule is N#Cc1ccc(-c2ccc3c(NC(=O)c4ccc(F)c(F)c4)n[nH]c3c2)cc1. The minimum atomic E-state index is -1.09. The number of hydrogen-bond donors (Lipinski definition) is 2. The highest BCUT2D eigenvalue weighted by Crippen LogP contribution is 2.27. The highest BCUT2D eigenvalue weighted by atomic mass is 19.2. The number of carbonyl (C=O) groups is 1. The van der Waals surface area contributed by atoms with Crippen molar-refractivity contribution in [3.63, 3.8) is 0 Å². The maximum Gasteiger partial charge on any atom is 0.256 e. The number of nitriles is 1. The van der Waals surface area contributed by atoms with Gasteiger partial charge < -0.3 is 5.32 Å². The van der Waals surface area contributed by atoms with Gasteiger partial charge in [-0.15, -0.1) is 0 Å². The van der Waals surface area contributed by atoms with Crippen molar-refractivity contribution in [2.75, 3.05) is 5.32 Å². The zero-order valence-electron chi connectivity index (χ0n) is 14.3. The number of nitrogens with zero attached hydrogens (tertiary/aromatic N) is 2. The van der Waals surface area contributed by atoms with Gasteiger partial charge in [0.15, 0.2) is 17.5 Å². The highest BCUT2D eigenvalue weighted by Gasteiger charge is 2.14. The average Bonchev–Trinajstić information content (AvgIpc) is 3.12. The first-order valence-electron chi connectivity index (χ1n) is 8.30. The topological polar surface area (TPSA) is 81.6 Å². The van der Waals surface area contributed by atoms with Crippen LogP contribution < -0.4 is 5.32 Å².